The lowest BCUT2D eigenvalue weighted by atomic mass is 9.85. The molecule has 0 aromatic carbocycles. The van der Waals surface area contributed by atoms with Crippen molar-refractivity contribution in [3.8, 4) is 0 Å². The third kappa shape index (κ3) is 3.35. The minimum Gasteiger partial charge on any atom is -0.388 e. The Kier molecular flexibility index (Phi) is 5.35. The van der Waals surface area contributed by atoms with E-state index in [1.165, 1.54) is 6.33 Å². The molecule has 2 aromatic heterocycles. The Labute approximate surface area is 151 Å². The highest BCUT2D eigenvalue weighted by Crippen LogP contribution is 2.32. The number of amides is 1. The van der Waals surface area contributed by atoms with Gasteiger partial charge in [-0.2, -0.15) is 0 Å². The number of nitrogens with two attached hydrogens (primary N) is 1. The van der Waals surface area contributed by atoms with Crippen LogP contribution in [0.2, 0.25) is 0 Å². The maximum Gasteiger partial charge on any atom is 0.221 e. The molecule has 0 bridgehead atoms. The molecule has 10 heteroatoms. The fourth-order valence-electron chi connectivity index (χ4n) is 3.44. The van der Waals surface area contributed by atoms with Crippen LogP contribution in [0.15, 0.2) is 12.7 Å². The summed E-state index contributed by atoms with van der Waals surface area (Å²) in [5.41, 5.74) is 6.61. The van der Waals surface area contributed by atoms with Crippen molar-refractivity contribution < 1.29 is 15.0 Å². The number of aliphatic hydroxyl groups excluding tert-OH is 2. The van der Waals surface area contributed by atoms with Crippen LogP contribution in [0.25, 0.3) is 11.2 Å². The van der Waals surface area contributed by atoms with Crippen LogP contribution in [-0.4, -0.2) is 74.5 Å². The normalized spacial score (nSPS) is 26.0. The van der Waals surface area contributed by atoms with Crippen molar-refractivity contribution >= 4 is 22.9 Å². The van der Waals surface area contributed by atoms with Gasteiger partial charge in [0.2, 0.25) is 5.91 Å². The fraction of sp³-hybridized carbons (Fsp3) is 0.625. The van der Waals surface area contributed by atoms with E-state index in [2.05, 4.69) is 20.3 Å². The lowest BCUT2D eigenvalue weighted by Crippen LogP contribution is -2.54. The lowest BCUT2D eigenvalue weighted by molar-refractivity contribution is -0.125. The van der Waals surface area contributed by atoms with Gasteiger partial charge in [0, 0.05) is 27.1 Å². The van der Waals surface area contributed by atoms with Crippen LogP contribution < -0.4 is 16.0 Å². The van der Waals surface area contributed by atoms with Crippen LogP contribution in [0.3, 0.4) is 0 Å². The van der Waals surface area contributed by atoms with E-state index in [9.17, 15) is 15.0 Å². The maximum absolute atomic E-state index is 11.7. The van der Waals surface area contributed by atoms with Crippen molar-refractivity contribution in [2.45, 2.75) is 43.6 Å². The van der Waals surface area contributed by atoms with Crippen molar-refractivity contribution in [2.24, 2.45) is 5.73 Å². The number of rotatable bonds is 5. The molecule has 1 aliphatic carbocycles. The molecular formula is C16H25N7O3. The molecule has 2 aromatic rings. The number of carbonyl (C=O) groups excluding carboxylic acids is 1. The van der Waals surface area contributed by atoms with E-state index in [4.69, 9.17) is 5.73 Å². The zero-order valence-electron chi connectivity index (χ0n) is 14.9. The molecule has 0 spiro atoms. The Balaban J connectivity index is 1.82. The summed E-state index contributed by atoms with van der Waals surface area (Å²) in [6.07, 6.45) is 2.23. The molecule has 0 saturated heterocycles. The van der Waals surface area contributed by atoms with Crippen molar-refractivity contribution in [2.75, 3.05) is 25.5 Å². The van der Waals surface area contributed by atoms with E-state index in [1.54, 1.807) is 10.9 Å². The maximum atomic E-state index is 11.7. The smallest absolute Gasteiger partial charge is 0.221 e. The molecule has 2 heterocycles. The average Bonchev–Trinajstić information content (AvgIpc) is 3.03. The van der Waals surface area contributed by atoms with Crippen LogP contribution >= 0.6 is 0 Å². The number of nitrogens with zero attached hydrogens (tertiary/aromatic N) is 5. The molecule has 4 atom stereocenters. The molecule has 0 aliphatic heterocycles. The highest BCUT2D eigenvalue weighted by Gasteiger charge is 2.39. The molecule has 142 valence electrons. The first kappa shape index (κ1) is 18.5. The monoisotopic (exact) mass is 363 g/mol. The second-order valence-corrected chi connectivity index (χ2v) is 6.75. The molecule has 0 unspecified atom stereocenters. The summed E-state index contributed by atoms with van der Waals surface area (Å²) in [5.74, 6) is 0.463. The lowest BCUT2D eigenvalue weighted by Gasteiger charge is -2.38. The average molecular weight is 363 g/mol. The number of imidazole rings is 1. The van der Waals surface area contributed by atoms with Crippen molar-refractivity contribution in [1.82, 2.24) is 24.8 Å². The molecule has 1 amide bonds. The van der Waals surface area contributed by atoms with Gasteiger partial charge >= 0.3 is 0 Å². The predicted molar refractivity (Wildman–Crippen MR) is 95.5 cm³/mol. The Bertz CT molecular complexity index is 778. The number of hydrogen-bond acceptors (Lipinski definition) is 8. The first-order valence-electron chi connectivity index (χ1n) is 8.64. The van der Waals surface area contributed by atoms with Crippen molar-refractivity contribution in [3.05, 3.63) is 12.7 Å². The number of anilines is 1. The topological polar surface area (TPSA) is 142 Å². The van der Waals surface area contributed by atoms with E-state index < -0.39 is 18.2 Å². The van der Waals surface area contributed by atoms with Crippen LogP contribution in [0, 0.1) is 0 Å². The van der Waals surface area contributed by atoms with Gasteiger partial charge < -0.3 is 30.7 Å². The van der Waals surface area contributed by atoms with Crippen LogP contribution in [0.1, 0.15) is 25.3 Å². The number of hydrogen-bond donors (Lipinski definition) is 4. The minimum absolute atomic E-state index is 0.194. The molecule has 10 nitrogen and oxygen atoms in total. The van der Waals surface area contributed by atoms with E-state index in [0.717, 1.165) is 0 Å². The van der Waals surface area contributed by atoms with E-state index in [0.29, 0.717) is 29.8 Å². The molecule has 5 N–H and O–H groups in total. The van der Waals surface area contributed by atoms with Gasteiger partial charge in [0.05, 0.1) is 18.4 Å². The van der Waals surface area contributed by atoms with Crippen LogP contribution in [-0.2, 0) is 4.79 Å². The van der Waals surface area contributed by atoms with Gasteiger partial charge in [0.15, 0.2) is 17.0 Å². The minimum atomic E-state index is -1.08. The zero-order chi connectivity index (χ0) is 18.8. The Hall–Kier alpha value is -2.30. The predicted octanol–water partition coefficient (Wildman–Crippen LogP) is -1.22. The quantitative estimate of drug-likeness (QED) is 0.518. The van der Waals surface area contributed by atoms with E-state index in [1.807, 2.05) is 19.0 Å². The molecule has 1 saturated carbocycles. The summed E-state index contributed by atoms with van der Waals surface area (Å²) in [4.78, 5) is 26.5. The summed E-state index contributed by atoms with van der Waals surface area (Å²) in [7, 11) is 3.74. The third-order valence-electron chi connectivity index (χ3n) is 4.77. The van der Waals surface area contributed by atoms with Crippen LogP contribution in [0.4, 0.5) is 5.82 Å². The standard InChI is InChI=1S/C16H25N7O3/c1-22(2)15-12-16(19-7-18-15)23(8-20-12)10-4-3-9(13(25)14(10)26)21-11(24)5-6-17/h7-10,13-14,25-26H,3-6,17H2,1-2H3,(H,21,24)/t9-,10-,13-,14-/m1/s1. The number of aliphatic hydroxyl groups is 2. The van der Waals surface area contributed by atoms with Gasteiger partial charge in [-0.3, -0.25) is 4.79 Å². The summed E-state index contributed by atoms with van der Waals surface area (Å²) in [6, 6.07) is -0.885. The number of carbonyl (C=O) groups is 1. The number of nitrogens with one attached hydrogen (secondary N) is 1. The van der Waals surface area contributed by atoms with Gasteiger partial charge in [-0.25, -0.2) is 15.0 Å². The molecule has 1 aliphatic rings. The SMILES string of the molecule is CN(C)c1ncnc2c1ncn2[C@@H]1CC[C@@H](NC(=O)CCN)[C@@H](O)[C@@H]1O. The summed E-state index contributed by atoms with van der Waals surface area (Å²) in [6.45, 7) is 0.245. The molecule has 1 fully saturated rings. The largest absolute Gasteiger partial charge is 0.388 e. The van der Waals surface area contributed by atoms with Gasteiger partial charge in [-0.1, -0.05) is 0 Å². The third-order valence-corrected chi connectivity index (χ3v) is 4.77. The molecule has 0 radical (unpaired) electrons. The summed E-state index contributed by atoms with van der Waals surface area (Å²) < 4.78 is 1.77. The van der Waals surface area contributed by atoms with Gasteiger partial charge in [0.1, 0.15) is 18.5 Å². The first-order chi connectivity index (χ1) is 12.4. The Morgan fingerprint density at radius 3 is 2.77 bits per heavy atom. The number of aromatic nitrogens is 4. The Morgan fingerprint density at radius 1 is 1.31 bits per heavy atom. The Morgan fingerprint density at radius 2 is 2.08 bits per heavy atom. The number of fused-ring (bicyclic) bond motifs is 1. The highest BCUT2D eigenvalue weighted by atomic mass is 16.3. The van der Waals surface area contributed by atoms with E-state index in [-0.39, 0.29) is 24.9 Å². The van der Waals surface area contributed by atoms with Crippen molar-refractivity contribution in [3.63, 3.8) is 0 Å². The summed E-state index contributed by atoms with van der Waals surface area (Å²) >= 11 is 0. The van der Waals surface area contributed by atoms with Crippen LogP contribution in [0.5, 0.6) is 0 Å². The van der Waals surface area contributed by atoms with Gasteiger partial charge in [0.25, 0.3) is 0 Å². The second kappa shape index (κ2) is 7.52. The fourth-order valence-corrected chi connectivity index (χ4v) is 3.44. The van der Waals surface area contributed by atoms with Gasteiger partial charge in [-0.05, 0) is 12.8 Å². The second-order valence-electron chi connectivity index (χ2n) is 6.75. The first-order valence-corrected chi connectivity index (χ1v) is 8.64. The van der Waals surface area contributed by atoms with E-state index >= 15 is 0 Å². The highest BCUT2D eigenvalue weighted by molar-refractivity contribution is 5.83. The molecule has 26 heavy (non-hydrogen) atoms. The summed E-state index contributed by atoms with van der Waals surface area (Å²) in [5, 5.41) is 23.8. The zero-order valence-corrected chi connectivity index (χ0v) is 14.9. The van der Waals surface area contributed by atoms with Gasteiger partial charge in [-0.15, -0.1) is 0 Å². The molecule has 3 rings (SSSR count). The van der Waals surface area contributed by atoms with Crippen molar-refractivity contribution in [1.29, 1.82) is 0 Å². The molecular weight excluding hydrogens is 338 g/mol.